The second kappa shape index (κ2) is 9.40. The molecular formula is C23H22ClF3N2O3. The van der Waals surface area contributed by atoms with Crippen molar-refractivity contribution in [1.29, 1.82) is 0 Å². The van der Waals surface area contributed by atoms with E-state index >= 15 is 0 Å². The average molecular weight is 467 g/mol. The first-order valence-corrected chi connectivity index (χ1v) is 10.8. The van der Waals surface area contributed by atoms with E-state index in [4.69, 9.17) is 16.4 Å². The van der Waals surface area contributed by atoms with Crippen LogP contribution in [0.3, 0.4) is 0 Å². The quantitative estimate of drug-likeness (QED) is 0.586. The number of hydrogen-bond acceptors (Lipinski definition) is 4. The molecule has 0 aromatic heterocycles. The lowest BCUT2D eigenvalue weighted by molar-refractivity contribution is -0.274. The number of alkyl halides is 3. The normalized spacial score (nSPS) is 22.9. The Hall–Kier alpha value is -2.74. The van der Waals surface area contributed by atoms with E-state index in [0.29, 0.717) is 17.0 Å². The maximum atomic E-state index is 12.8. The molecule has 2 aromatic rings. The van der Waals surface area contributed by atoms with Crippen LogP contribution in [0.5, 0.6) is 5.75 Å². The van der Waals surface area contributed by atoms with Crippen molar-refractivity contribution in [3.05, 3.63) is 64.7 Å². The van der Waals surface area contributed by atoms with Gasteiger partial charge in [0.2, 0.25) is 5.91 Å². The van der Waals surface area contributed by atoms with Crippen LogP contribution in [-0.2, 0) is 16.2 Å². The Morgan fingerprint density at radius 2 is 1.97 bits per heavy atom. The molecule has 1 aliphatic carbocycles. The van der Waals surface area contributed by atoms with Crippen molar-refractivity contribution < 1.29 is 27.5 Å². The third-order valence-electron chi connectivity index (χ3n) is 5.82. The van der Waals surface area contributed by atoms with E-state index < -0.39 is 6.36 Å². The Morgan fingerprint density at radius 1 is 1.19 bits per heavy atom. The first-order chi connectivity index (χ1) is 15.3. The molecule has 1 amide bonds. The van der Waals surface area contributed by atoms with Gasteiger partial charge in [-0.25, -0.2) is 0 Å². The van der Waals surface area contributed by atoms with Crippen LogP contribution in [0, 0.1) is 11.8 Å². The molecule has 1 fully saturated rings. The summed E-state index contributed by atoms with van der Waals surface area (Å²) in [5, 5.41) is 7.81. The van der Waals surface area contributed by atoms with Crippen molar-refractivity contribution >= 4 is 23.2 Å². The topological polar surface area (TPSA) is 59.9 Å². The molecule has 0 saturated heterocycles. The molecule has 1 unspecified atom stereocenters. The van der Waals surface area contributed by atoms with Crippen LogP contribution in [0.25, 0.3) is 0 Å². The summed E-state index contributed by atoms with van der Waals surface area (Å²) in [5.74, 6) is -0.570. The molecule has 32 heavy (non-hydrogen) atoms. The third-order valence-corrected chi connectivity index (χ3v) is 6.05. The Balaban J connectivity index is 1.32. The number of amides is 1. The van der Waals surface area contributed by atoms with Crippen molar-refractivity contribution in [2.24, 2.45) is 17.0 Å². The fraction of sp³-hybridized carbons (Fsp3) is 0.391. The molecule has 170 valence electrons. The van der Waals surface area contributed by atoms with Crippen molar-refractivity contribution in [2.45, 2.75) is 44.7 Å². The predicted octanol–water partition coefficient (Wildman–Crippen LogP) is 5.79. The zero-order chi connectivity index (χ0) is 22.7. The minimum Gasteiger partial charge on any atom is -0.406 e. The molecule has 2 aliphatic rings. The van der Waals surface area contributed by atoms with Gasteiger partial charge in [-0.15, -0.1) is 13.2 Å². The zero-order valence-electron chi connectivity index (χ0n) is 17.1. The summed E-state index contributed by atoms with van der Waals surface area (Å²) in [6, 6.07) is 12.9. The average Bonchev–Trinajstić information content (AvgIpc) is 3.41. The standard InChI is InChI=1S/C23H22ClF3N2O3/c24-16-4-1-3-15(11-16)21-12-20(29-32-21)18-5-2-6-19(18)22(30)28-13-14-7-9-17(10-8-14)31-23(25,26)27/h1,3-4,7-11,18-19,21H,2,5-6,12-13H2,(H,28,30)/t18-,19-,21?/m1/s1. The molecular weight excluding hydrogens is 445 g/mol. The highest BCUT2D eigenvalue weighted by Crippen LogP contribution is 2.39. The van der Waals surface area contributed by atoms with Gasteiger partial charge in [0.05, 0.1) is 5.71 Å². The van der Waals surface area contributed by atoms with Gasteiger partial charge in [0, 0.05) is 29.8 Å². The van der Waals surface area contributed by atoms with Crippen LogP contribution < -0.4 is 10.1 Å². The van der Waals surface area contributed by atoms with E-state index in [2.05, 4.69) is 15.2 Å². The Kier molecular flexibility index (Phi) is 6.60. The largest absolute Gasteiger partial charge is 0.573 e. The lowest BCUT2D eigenvalue weighted by Crippen LogP contribution is -2.34. The molecule has 1 saturated carbocycles. The van der Waals surface area contributed by atoms with Crippen LogP contribution in [0.4, 0.5) is 13.2 Å². The highest BCUT2D eigenvalue weighted by molar-refractivity contribution is 6.30. The SMILES string of the molecule is O=C(NCc1ccc(OC(F)(F)F)cc1)[C@@H]1CCC[C@H]1C1=NOC(c2cccc(Cl)c2)C1. The fourth-order valence-electron chi connectivity index (χ4n) is 4.30. The van der Waals surface area contributed by atoms with E-state index in [0.717, 1.165) is 30.5 Å². The second-order valence-electron chi connectivity index (χ2n) is 7.99. The number of hydrogen-bond donors (Lipinski definition) is 1. The number of nitrogens with zero attached hydrogens (tertiary/aromatic N) is 1. The minimum atomic E-state index is -4.73. The fourth-order valence-corrected chi connectivity index (χ4v) is 4.50. The van der Waals surface area contributed by atoms with Crippen molar-refractivity contribution in [1.82, 2.24) is 5.32 Å². The van der Waals surface area contributed by atoms with E-state index in [9.17, 15) is 18.0 Å². The summed E-state index contributed by atoms with van der Waals surface area (Å²) in [6.07, 6.45) is -1.76. The van der Waals surface area contributed by atoms with Crippen LogP contribution in [0.2, 0.25) is 5.02 Å². The van der Waals surface area contributed by atoms with E-state index in [-0.39, 0.29) is 36.1 Å². The second-order valence-corrected chi connectivity index (χ2v) is 8.43. The molecule has 0 bridgehead atoms. The maximum absolute atomic E-state index is 12.8. The molecule has 0 radical (unpaired) electrons. The highest BCUT2D eigenvalue weighted by Gasteiger charge is 2.39. The number of carbonyl (C=O) groups is 1. The van der Waals surface area contributed by atoms with Crippen LogP contribution in [0.1, 0.15) is 42.9 Å². The molecule has 5 nitrogen and oxygen atoms in total. The number of oxime groups is 1. The summed E-state index contributed by atoms with van der Waals surface area (Å²) in [4.78, 5) is 18.5. The van der Waals surface area contributed by atoms with Gasteiger partial charge < -0.3 is 14.9 Å². The summed E-state index contributed by atoms with van der Waals surface area (Å²) in [5.41, 5.74) is 2.53. The highest BCUT2D eigenvalue weighted by atomic mass is 35.5. The van der Waals surface area contributed by atoms with Gasteiger partial charge >= 0.3 is 6.36 Å². The summed E-state index contributed by atoms with van der Waals surface area (Å²) in [7, 11) is 0. The van der Waals surface area contributed by atoms with Crippen LogP contribution in [0.15, 0.2) is 53.7 Å². The van der Waals surface area contributed by atoms with Crippen LogP contribution >= 0.6 is 11.6 Å². The summed E-state index contributed by atoms with van der Waals surface area (Å²) in [6.45, 7) is 0.225. The lowest BCUT2D eigenvalue weighted by atomic mass is 9.87. The monoisotopic (exact) mass is 466 g/mol. The number of nitrogens with one attached hydrogen (secondary N) is 1. The molecule has 1 heterocycles. The molecule has 1 aliphatic heterocycles. The van der Waals surface area contributed by atoms with Gasteiger partial charge in [-0.2, -0.15) is 0 Å². The molecule has 0 spiro atoms. The zero-order valence-corrected chi connectivity index (χ0v) is 17.8. The van der Waals surface area contributed by atoms with Gasteiger partial charge in [0.1, 0.15) is 5.75 Å². The maximum Gasteiger partial charge on any atom is 0.573 e. The third kappa shape index (κ3) is 5.54. The van der Waals surface area contributed by atoms with E-state index in [1.165, 1.54) is 24.3 Å². The number of halogens is 4. The van der Waals surface area contributed by atoms with E-state index in [1.54, 1.807) is 6.07 Å². The molecule has 4 rings (SSSR count). The molecule has 9 heteroatoms. The predicted molar refractivity (Wildman–Crippen MR) is 113 cm³/mol. The Labute approximate surface area is 188 Å². The van der Waals surface area contributed by atoms with Gasteiger partial charge in [-0.3, -0.25) is 4.79 Å². The smallest absolute Gasteiger partial charge is 0.406 e. The molecule has 3 atom stereocenters. The Morgan fingerprint density at radius 3 is 2.69 bits per heavy atom. The first-order valence-electron chi connectivity index (χ1n) is 10.4. The number of ether oxygens (including phenoxy) is 1. The summed E-state index contributed by atoms with van der Waals surface area (Å²) >= 11 is 6.07. The number of rotatable bonds is 6. The Bertz CT molecular complexity index is 995. The van der Waals surface area contributed by atoms with Gasteiger partial charge in [0.15, 0.2) is 6.10 Å². The minimum absolute atomic E-state index is 0.0155. The number of carbonyl (C=O) groups excluding carboxylic acids is 1. The first kappa shape index (κ1) is 22.5. The van der Waals surface area contributed by atoms with Crippen molar-refractivity contribution in [3.8, 4) is 5.75 Å². The lowest BCUT2D eigenvalue weighted by Gasteiger charge is -2.19. The van der Waals surface area contributed by atoms with Gasteiger partial charge in [0.25, 0.3) is 0 Å². The van der Waals surface area contributed by atoms with Crippen molar-refractivity contribution in [2.75, 3.05) is 0 Å². The molecule has 1 N–H and O–H groups in total. The van der Waals surface area contributed by atoms with E-state index in [1.807, 2.05) is 18.2 Å². The van der Waals surface area contributed by atoms with Gasteiger partial charge in [-0.1, -0.05) is 47.4 Å². The van der Waals surface area contributed by atoms with Gasteiger partial charge in [-0.05, 0) is 48.2 Å². The van der Waals surface area contributed by atoms with Crippen molar-refractivity contribution in [3.63, 3.8) is 0 Å². The van der Waals surface area contributed by atoms with Crippen LogP contribution in [-0.4, -0.2) is 18.0 Å². The number of benzene rings is 2. The summed E-state index contributed by atoms with van der Waals surface area (Å²) < 4.78 is 40.7. The molecule has 2 aromatic carbocycles.